The van der Waals surface area contributed by atoms with Crippen molar-refractivity contribution in [3.8, 4) is 0 Å². The van der Waals surface area contributed by atoms with Gasteiger partial charge in [-0.25, -0.2) is 4.98 Å². The molecule has 18 heavy (non-hydrogen) atoms. The highest BCUT2D eigenvalue weighted by Gasteiger charge is 2.19. The van der Waals surface area contributed by atoms with Crippen molar-refractivity contribution in [2.45, 2.75) is 39.2 Å². The SMILES string of the molecule is CCC(C)(CC)Nc1ccc(C(=O)N(C)C)cn1. The van der Waals surface area contributed by atoms with Gasteiger partial charge in [-0.3, -0.25) is 4.79 Å². The molecule has 0 atom stereocenters. The molecule has 1 aromatic heterocycles. The quantitative estimate of drug-likeness (QED) is 0.872. The first-order valence-electron chi connectivity index (χ1n) is 6.37. The van der Waals surface area contributed by atoms with Crippen molar-refractivity contribution in [1.82, 2.24) is 9.88 Å². The number of hydrogen-bond acceptors (Lipinski definition) is 3. The van der Waals surface area contributed by atoms with Crippen molar-refractivity contribution < 1.29 is 4.79 Å². The Kier molecular flexibility index (Phi) is 4.70. The zero-order valence-corrected chi connectivity index (χ0v) is 11.9. The smallest absolute Gasteiger partial charge is 0.254 e. The molecular formula is C14H23N3O. The molecule has 0 unspecified atom stereocenters. The van der Waals surface area contributed by atoms with Crippen LogP contribution in [0.2, 0.25) is 0 Å². The minimum atomic E-state index is -0.0252. The van der Waals surface area contributed by atoms with Gasteiger partial charge in [0.1, 0.15) is 5.82 Å². The number of hydrogen-bond donors (Lipinski definition) is 1. The van der Waals surface area contributed by atoms with Crippen molar-refractivity contribution in [2.75, 3.05) is 19.4 Å². The van der Waals surface area contributed by atoms with E-state index < -0.39 is 0 Å². The number of pyridine rings is 1. The molecule has 0 bridgehead atoms. The van der Waals surface area contributed by atoms with Gasteiger partial charge in [-0.1, -0.05) is 13.8 Å². The molecule has 0 aliphatic carbocycles. The number of carbonyl (C=O) groups excluding carboxylic acids is 1. The van der Waals surface area contributed by atoms with E-state index in [9.17, 15) is 4.79 Å². The molecular weight excluding hydrogens is 226 g/mol. The summed E-state index contributed by atoms with van der Waals surface area (Å²) in [6, 6.07) is 3.67. The maximum absolute atomic E-state index is 11.7. The van der Waals surface area contributed by atoms with Gasteiger partial charge in [-0.2, -0.15) is 0 Å². The molecule has 0 saturated carbocycles. The summed E-state index contributed by atoms with van der Waals surface area (Å²) in [6.45, 7) is 6.48. The Morgan fingerprint density at radius 3 is 2.33 bits per heavy atom. The maximum atomic E-state index is 11.7. The number of carbonyl (C=O) groups is 1. The molecule has 1 rings (SSSR count). The van der Waals surface area contributed by atoms with Gasteiger partial charge in [0, 0.05) is 25.8 Å². The normalized spacial score (nSPS) is 11.2. The maximum Gasteiger partial charge on any atom is 0.254 e. The van der Waals surface area contributed by atoms with Gasteiger partial charge in [0.05, 0.1) is 5.56 Å². The van der Waals surface area contributed by atoms with Crippen LogP contribution in [-0.2, 0) is 0 Å². The second-order valence-corrected chi connectivity index (χ2v) is 5.02. The van der Waals surface area contributed by atoms with Crippen molar-refractivity contribution in [2.24, 2.45) is 0 Å². The fourth-order valence-corrected chi connectivity index (χ4v) is 1.59. The van der Waals surface area contributed by atoms with Crippen LogP contribution in [0.3, 0.4) is 0 Å². The Hall–Kier alpha value is -1.58. The van der Waals surface area contributed by atoms with Crippen molar-refractivity contribution >= 4 is 11.7 Å². The molecule has 1 aromatic rings. The van der Waals surface area contributed by atoms with Crippen LogP contribution in [0.4, 0.5) is 5.82 Å². The van der Waals surface area contributed by atoms with Gasteiger partial charge in [0.15, 0.2) is 0 Å². The number of anilines is 1. The van der Waals surface area contributed by atoms with Gasteiger partial charge in [-0.05, 0) is 31.9 Å². The molecule has 0 radical (unpaired) electrons. The number of aromatic nitrogens is 1. The molecule has 0 fully saturated rings. The Morgan fingerprint density at radius 1 is 1.33 bits per heavy atom. The predicted molar refractivity (Wildman–Crippen MR) is 74.9 cm³/mol. The van der Waals surface area contributed by atoms with E-state index in [4.69, 9.17) is 0 Å². The van der Waals surface area contributed by atoms with Crippen LogP contribution >= 0.6 is 0 Å². The van der Waals surface area contributed by atoms with E-state index in [0.717, 1.165) is 18.7 Å². The lowest BCUT2D eigenvalue weighted by Crippen LogP contribution is -2.33. The van der Waals surface area contributed by atoms with Crippen molar-refractivity contribution in [3.05, 3.63) is 23.9 Å². The number of amides is 1. The molecule has 0 aliphatic heterocycles. The van der Waals surface area contributed by atoms with Gasteiger partial charge in [0.2, 0.25) is 0 Å². The van der Waals surface area contributed by atoms with E-state index in [-0.39, 0.29) is 11.4 Å². The molecule has 0 aromatic carbocycles. The lowest BCUT2D eigenvalue weighted by molar-refractivity contribution is 0.0827. The molecule has 4 nitrogen and oxygen atoms in total. The largest absolute Gasteiger partial charge is 0.365 e. The average Bonchev–Trinajstić information content (AvgIpc) is 2.38. The fraction of sp³-hybridized carbons (Fsp3) is 0.571. The second kappa shape index (κ2) is 5.85. The van der Waals surface area contributed by atoms with Crippen LogP contribution in [-0.4, -0.2) is 35.4 Å². The zero-order chi connectivity index (χ0) is 13.8. The van der Waals surface area contributed by atoms with Gasteiger partial charge >= 0.3 is 0 Å². The first-order valence-corrected chi connectivity index (χ1v) is 6.37. The molecule has 1 heterocycles. The van der Waals surface area contributed by atoms with Gasteiger partial charge in [-0.15, -0.1) is 0 Å². The summed E-state index contributed by atoms with van der Waals surface area (Å²) in [6.07, 6.45) is 3.68. The summed E-state index contributed by atoms with van der Waals surface area (Å²) in [5, 5.41) is 3.41. The van der Waals surface area contributed by atoms with Gasteiger partial charge < -0.3 is 10.2 Å². The highest BCUT2D eigenvalue weighted by molar-refractivity contribution is 5.93. The lowest BCUT2D eigenvalue weighted by Gasteiger charge is -2.28. The van der Waals surface area contributed by atoms with Crippen LogP contribution in [0.1, 0.15) is 44.0 Å². The predicted octanol–water partition coefficient (Wildman–Crippen LogP) is 2.77. The number of nitrogens with one attached hydrogen (secondary N) is 1. The molecule has 0 spiro atoms. The lowest BCUT2D eigenvalue weighted by atomic mass is 9.95. The summed E-state index contributed by atoms with van der Waals surface area (Å²) >= 11 is 0. The third-order valence-corrected chi connectivity index (χ3v) is 3.41. The summed E-state index contributed by atoms with van der Waals surface area (Å²) < 4.78 is 0. The highest BCUT2D eigenvalue weighted by atomic mass is 16.2. The van der Waals surface area contributed by atoms with Crippen LogP contribution in [0.5, 0.6) is 0 Å². The molecule has 4 heteroatoms. The Balaban J connectivity index is 2.81. The monoisotopic (exact) mass is 249 g/mol. The second-order valence-electron chi connectivity index (χ2n) is 5.02. The standard InChI is InChI=1S/C14H23N3O/c1-6-14(3,7-2)16-12-9-8-11(10-15-12)13(18)17(4)5/h8-10H,6-7H2,1-5H3,(H,15,16). The third-order valence-electron chi connectivity index (χ3n) is 3.41. The molecule has 1 N–H and O–H groups in total. The van der Waals surface area contributed by atoms with Crippen molar-refractivity contribution in [3.63, 3.8) is 0 Å². The summed E-state index contributed by atoms with van der Waals surface area (Å²) in [5.74, 6) is 0.791. The van der Waals surface area contributed by atoms with E-state index in [1.807, 2.05) is 12.1 Å². The van der Waals surface area contributed by atoms with Crippen LogP contribution < -0.4 is 5.32 Å². The highest BCUT2D eigenvalue weighted by Crippen LogP contribution is 2.20. The molecule has 0 saturated heterocycles. The van der Waals surface area contributed by atoms with Crippen LogP contribution in [0.15, 0.2) is 18.3 Å². The minimum absolute atomic E-state index is 0.0252. The Labute approximate surface area is 109 Å². The van der Waals surface area contributed by atoms with Crippen LogP contribution in [0.25, 0.3) is 0 Å². The zero-order valence-electron chi connectivity index (χ0n) is 11.9. The summed E-state index contributed by atoms with van der Waals surface area (Å²) in [4.78, 5) is 17.6. The first-order chi connectivity index (χ1) is 8.41. The van der Waals surface area contributed by atoms with E-state index in [0.29, 0.717) is 5.56 Å². The topological polar surface area (TPSA) is 45.2 Å². The molecule has 1 amide bonds. The van der Waals surface area contributed by atoms with Gasteiger partial charge in [0.25, 0.3) is 5.91 Å². The van der Waals surface area contributed by atoms with E-state index in [1.165, 1.54) is 0 Å². The minimum Gasteiger partial charge on any atom is -0.365 e. The molecule has 100 valence electrons. The summed E-state index contributed by atoms with van der Waals surface area (Å²) in [5.41, 5.74) is 0.667. The summed E-state index contributed by atoms with van der Waals surface area (Å²) in [7, 11) is 3.47. The average molecular weight is 249 g/mol. The Morgan fingerprint density at radius 2 is 1.94 bits per heavy atom. The Bertz CT molecular complexity index is 394. The molecule has 0 aliphatic rings. The first kappa shape index (κ1) is 14.5. The van der Waals surface area contributed by atoms with Crippen molar-refractivity contribution in [1.29, 1.82) is 0 Å². The third kappa shape index (κ3) is 3.45. The fourth-order valence-electron chi connectivity index (χ4n) is 1.59. The van der Waals surface area contributed by atoms with Crippen LogP contribution in [0, 0.1) is 0 Å². The van der Waals surface area contributed by atoms with E-state index >= 15 is 0 Å². The van der Waals surface area contributed by atoms with E-state index in [2.05, 4.69) is 31.1 Å². The number of nitrogens with zero attached hydrogens (tertiary/aromatic N) is 2. The number of rotatable bonds is 5. The van der Waals surface area contributed by atoms with E-state index in [1.54, 1.807) is 25.2 Å².